The Kier molecular flexibility index (Phi) is 7.74. The van der Waals surface area contributed by atoms with Gasteiger partial charge in [0.15, 0.2) is 6.10 Å². The van der Waals surface area contributed by atoms with Crippen molar-refractivity contribution in [3.63, 3.8) is 0 Å². The Morgan fingerprint density at radius 1 is 1.00 bits per heavy atom. The van der Waals surface area contributed by atoms with Crippen molar-refractivity contribution in [3.05, 3.63) is 35.4 Å². The molecule has 0 saturated heterocycles. The average molecular weight is 346 g/mol. The summed E-state index contributed by atoms with van der Waals surface area (Å²) in [6.45, 7) is 3.14. The van der Waals surface area contributed by atoms with Crippen molar-refractivity contribution >= 4 is 11.9 Å². The molecule has 0 aliphatic heterocycles. The van der Waals surface area contributed by atoms with Gasteiger partial charge < -0.3 is 9.47 Å². The van der Waals surface area contributed by atoms with Gasteiger partial charge in [-0.1, -0.05) is 26.2 Å². The van der Waals surface area contributed by atoms with Gasteiger partial charge in [0.05, 0.1) is 17.7 Å². The van der Waals surface area contributed by atoms with Crippen LogP contribution in [0.5, 0.6) is 0 Å². The minimum Gasteiger partial charge on any atom is -0.462 e. The third-order valence-electron chi connectivity index (χ3n) is 3.33. The van der Waals surface area contributed by atoms with Gasteiger partial charge in [0.1, 0.15) is 0 Å². The van der Waals surface area contributed by atoms with Crippen molar-refractivity contribution in [2.24, 2.45) is 0 Å². The fraction of sp³-hybridized carbons (Fsp3) is 0.529. The number of rotatable bonds is 8. The van der Waals surface area contributed by atoms with Crippen LogP contribution in [0.1, 0.15) is 60.2 Å². The topological polar surface area (TPSA) is 52.6 Å². The summed E-state index contributed by atoms with van der Waals surface area (Å²) in [7, 11) is 0. The second-order valence-corrected chi connectivity index (χ2v) is 5.36. The van der Waals surface area contributed by atoms with Crippen LogP contribution < -0.4 is 0 Å². The average Bonchev–Trinajstić information content (AvgIpc) is 2.53. The Morgan fingerprint density at radius 2 is 1.54 bits per heavy atom. The zero-order valence-corrected chi connectivity index (χ0v) is 13.7. The van der Waals surface area contributed by atoms with E-state index in [1.807, 2.05) is 0 Å². The molecule has 1 atom stereocenters. The van der Waals surface area contributed by atoms with E-state index < -0.39 is 24.2 Å². The molecule has 0 fully saturated rings. The highest BCUT2D eigenvalue weighted by atomic mass is 19.4. The van der Waals surface area contributed by atoms with Crippen LogP contribution in [-0.2, 0) is 9.47 Å². The molecule has 0 spiro atoms. The Hall–Kier alpha value is -2.05. The summed E-state index contributed by atoms with van der Waals surface area (Å²) in [6.07, 6.45) is -2.90. The predicted octanol–water partition coefficient (Wildman–Crippen LogP) is 4.53. The maximum Gasteiger partial charge on any atom is 0.425 e. The van der Waals surface area contributed by atoms with Crippen LogP contribution in [0.3, 0.4) is 0 Å². The van der Waals surface area contributed by atoms with Crippen molar-refractivity contribution in [1.82, 2.24) is 0 Å². The molecule has 0 aliphatic carbocycles. The summed E-state index contributed by atoms with van der Waals surface area (Å²) >= 11 is 0. The lowest BCUT2D eigenvalue weighted by Crippen LogP contribution is -2.30. The van der Waals surface area contributed by atoms with E-state index in [0.29, 0.717) is 6.61 Å². The second-order valence-electron chi connectivity index (χ2n) is 5.36. The summed E-state index contributed by atoms with van der Waals surface area (Å²) in [5.74, 6) is -1.63. The van der Waals surface area contributed by atoms with Crippen LogP contribution in [-0.4, -0.2) is 30.8 Å². The van der Waals surface area contributed by atoms with Crippen LogP contribution in [0.2, 0.25) is 0 Å². The van der Waals surface area contributed by atoms with E-state index >= 15 is 0 Å². The van der Waals surface area contributed by atoms with Gasteiger partial charge in [-0.25, -0.2) is 9.59 Å². The Labute approximate surface area is 138 Å². The molecule has 0 N–H and O–H groups in total. The lowest BCUT2D eigenvalue weighted by molar-refractivity contribution is -0.198. The molecule has 1 aromatic carbocycles. The zero-order chi connectivity index (χ0) is 18.2. The number of halogens is 3. The molecule has 134 valence electrons. The molecule has 24 heavy (non-hydrogen) atoms. The molecule has 1 aromatic rings. The van der Waals surface area contributed by atoms with Crippen LogP contribution >= 0.6 is 0 Å². The summed E-state index contributed by atoms with van der Waals surface area (Å²) in [5, 5.41) is 0. The van der Waals surface area contributed by atoms with Crippen molar-refractivity contribution in [1.29, 1.82) is 0 Å². The van der Waals surface area contributed by atoms with Gasteiger partial charge in [0.25, 0.3) is 0 Å². The molecular weight excluding hydrogens is 325 g/mol. The molecule has 0 aromatic heterocycles. The van der Waals surface area contributed by atoms with Crippen LogP contribution in [0.25, 0.3) is 0 Å². The van der Waals surface area contributed by atoms with Gasteiger partial charge in [-0.15, -0.1) is 0 Å². The third-order valence-corrected chi connectivity index (χ3v) is 3.33. The number of carbonyl (C=O) groups excluding carboxylic acids is 2. The number of esters is 2. The number of ether oxygens (including phenoxy) is 2. The molecule has 4 nitrogen and oxygen atoms in total. The first-order valence-electron chi connectivity index (χ1n) is 7.80. The highest BCUT2D eigenvalue weighted by molar-refractivity contribution is 5.93. The fourth-order valence-electron chi connectivity index (χ4n) is 1.81. The number of unbranched alkanes of at least 4 members (excludes halogenated alkanes) is 3. The normalized spacial score (nSPS) is 12.5. The minimum atomic E-state index is -4.61. The standard InChI is InChI=1S/C17H21F3O4/c1-3-4-5-6-11-23-15(21)13-7-9-14(10-8-13)16(22)24-12(2)17(18,19)20/h7-10,12H,3-6,11H2,1-2H3. The maximum absolute atomic E-state index is 12.4. The molecule has 0 saturated carbocycles. The van der Waals surface area contributed by atoms with E-state index in [-0.39, 0.29) is 11.1 Å². The van der Waals surface area contributed by atoms with Crippen molar-refractivity contribution in [2.45, 2.75) is 51.8 Å². The molecule has 0 aliphatic rings. The van der Waals surface area contributed by atoms with Crippen LogP contribution in [0.15, 0.2) is 24.3 Å². The quantitative estimate of drug-likeness (QED) is 0.512. The third kappa shape index (κ3) is 6.60. The Bertz CT molecular complexity index is 538. The van der Waals surface area contributed by atoms with E-state index in [9.17, 15) is 22.8 Å². The molecular formula is C17H21F3O4. The van der Waals surface area contributed by atoms with E-state index in [1.54, 1.807) is 0 Å². The molecule has 0 bridgehead atoms. The van der Waals surface area contributed by atoms with Gasteiger partial charge in [-0.2, -0.15) is 13.2 Å². The fourth-order valence-corrected chi connectivity index (χ4v) is 1.81. The number of hydrogen-bond donors (Lipinski definition) is 0. The van der Waals surface area contributed by atoms with Gasteiger partial charge in [-0.3, -0.25) is 0 Å². The SMILES string of the molecule is CCCCCCOC(=O)c1ccc(C(=O)OC(C)C(F)(F)F)cc1. The zero-order valence-electron chi connectivity index (χ0n) is 13.7. The molecule has 0 heterocycles. The van der Waals surface area contributed by atoms with Gasteiger partial charge >= 0.3 is 18.1 Å². The lowest BCUT2D eigenvalue weighted by atomic mass is 10.1. The van der Waals surface area contributed by atoms with Crippen molar-refractivity contribution in [2.75, 3.05) is 6.61 Å². The largest absolute Gasteiger partial charge is 0.462 e. The minimum absolute atomic E-state index is 0.0643. The maximum atomic E-state index is 12.4. The number of hydrogen-bond acceptors (Lipinski definition) is 4. The summed E-state index contributed by atoms with van der Waals surface area (Å²) in [6, 6.07) is 5.12. The summed E-state index contributed by atoms with van der Waals surface area (Å²) < 4.78 is 46.5. The first kappa shape index (κ1) is 20.0. The molecule has 1 unspecified atom stereocenters. The second kappa shape index (κ2) is 9.30. The number of benzene rings is 1. The van der Waals surface area contributed by atoms with E-state index in [1.165, 1.54) is 24.3 Å². The van der Waals surface area contributed by atoms with Gasteiger partial charge in [0.2, 0.25) is 0 Å². The molecule has 0 amide bonds. The number of alkyl halides is 3. The van der Waals surface area contributed by atoms with Gasteiger partial charge in [0, 0.05) is 0 Å². The summed E-state index contributed by atoms with van der Waals surface area (Å²) in [5.41, 5.74) is 0.163. The van der Waals surface area contributed by atoms with Gasteiger partial charge in [-0.05, 0) is 37.6 Å². The number of carbonyl (C=O) groups is 2. The van der Waals surface area contributed by atoms with Crippen molar-refractivity contribution < 1.29 is 32.2 Å². The Morgan fingerprint density at radius 3 is 2.04 bits per heavy atom. The first-order valence-corrected chi connectivity index (χ1v) is 7.80. The lowest BCUT2D eigenvalue weighted by Gasteiger charge is -2.16. The molecule has 0 radical (unpaired) electrons. The highest BCUT2D eigenvalue weighted by Crippen LogP contribution is 2.23. The van der Waals surface area contributed by atoms with E-state index in [0.717, 1.165) is 32.6 Å². The molecule has 1 rings (SSSR count). The molecule has 7 heteroatoms. The Balaban J connectivity index is 2.53. The monoisotopic (exact) mass is 346 g/mol. The highest BCUT2D eigenvalue weighted by Gasteiger charge is 2.39. The smallest absolute Gasteiger partial charge is 0.425 e. The summed E-state index contributed by atoms with van der Waals surface area (Å²) in [4.78, 5) is 23.4. The predicted molar refractivity (Wildman–Crippen MR) is 81.8 cm³/mol. The van der Waals surface area contributed by atoms with E-state index in [4.69, 9.17) is 4.74 Å². The van der Waals surface area contributed by atoms with Crippen LogP contribution in [0, 0.1) is 0 Å². The van der Waals surface area contributed by atoms with Crippen molar-refractivity contribution in [3.8, 4) is 0 Å². The first-order chi connectivity index (χ1) is 11.3. The van der Waals surface area contributed by atoms with E-state index in [2.05, 4.69) is 11.7 Å². The van der Waals surface area contributed by atoms with Crippen LogP contribution in [0.4, 0.5) is 13.2 Å².